The lowest BCUT2D eigenvalue weighted by atomic mass is 10.1. The van der Waals surface area contributed by atoms with Gasteiger partial charge in [0, 0.05) is 49.7 Å². The lowest BCUT2D eigenvalue weighted by Crippen LogP contribution is -2.44. The number of anilines is 1. The Hall–Kier alpha value is -3.28. The van der Waals surface area contributed by atoms with Gasteiger partial charge in [-0.2, -0.15) is 5.10 Å². The highest BCUT2D eigenvalue weighted by atomic mass is 32.2. The Kier molecular flexibility index (Phi) is 9.04. The zero-order valence-electron chi connectivity index (χ0n) is 20.5. The summed E-state index contributed by atoms with van der Waals surface area (Å²) in [7, 11) is 3.17. The fraction of sp³-hybridized carbons (Fsp3) is 0.400. The molecule has 2 aliphatic heterocycles. The number of hydrogen-bond acceptors (Lipinski definition) is 9. The first kappa shape index (κ1) is 25.8. The summed E-state index contributed by atoms with van der Waals surface area (Å²) >= 11 is 1.20. The van der Waals surface area contributed by atoms with Crippen LogP contribution in [0, 0.1) is 0 Å². The second-order valence-corrected chi connectivity index (χ2v) is 9.20. The van der Waals surface area contributed by atoms with E-state index in [0.29, 0.717) is 36.1 Å². The zero-order chi connectivity index (χ0) is 25.3. The molecule has 0 radical (unpaired) electrons. The zero-order valence-corrected chi connectivity index (χ0v) is 21.3. The van der Waals surface area contributed by atoms with Crippen LogP contribution >= 0.6 is 11.8 Å². The molecule has 2 aromatic rings. The number of hydrogen-bond donors (Lipinski definition) is 2. The number of nitrogens with zero attached hydrogens (tertiary/aromatic N) is 3. The largest absolute Gasteiger partial charge is 0.493 e. The predicted octanol–water partition coefficient (Wildman–Crippen LogP) is 3.23. The minimum absolute atomic E-state index is 0.116. The van der Waals surface area contributed by atoms with Gasteiger partial charge in [0.1, 0.15) is 6.61 Å². The SMILES string of the molecule is COc1ccc(C2=NN(Cc3ccc(NC(=O)OCCN4CCNCC4)cc3)C(=O)SC2)cc1OC. The summed E-state index contributed by atoms with van der Waals surface area (Å²) in [4.78, 5) is 26.8. The molecular weight excluding hydrogens is 482 g/mol. The quantitative estimate of drug-likeness (QED) is 0.527. The molecule has 192 valence electrons. The van der Waals surface area contributed by atoms with Gasteiger partial charge >= 0.3 is 11.3 Å². The van der Waals surface area contributed by atoms with Crippen LogP contribution in [0.4, 0.5) is 15.3 Å². The van der Waals surface area contributed by atoms with Crippen LogP contribution in [0.25, 0.3) is 0 Å². The number of thioether (sulfide) groups is 1. The molecule has 11 heteroatoms. The van der Waals surface area contributed by atoms with E-state index < -0.39 is 6.09 Å². The summed E-state index contributed by atoms with van der Waals surface area (Å²) in [5.41, 5.74) is 3.16. The highest BCUT2D eigenvalue weighted by Gasteiger charge is 2.23. The Morgan fingerprint density at radius 3 is 2.56 bits per heavy atom. The van der Waals surface area contributed by atoms with Gasteiger partial charge in [-0.1, -0.05) is 23.9 Å². The molecule has 2 aliphatic rings. The number of ether oxygens (including phenoxy) is 3. The van der Waals surface area contributed by atoms with E-state index in [0.717, 1.165) is 49.6 Å². The number of carbonyl (C=O) groups excluding carboxylic acids is 2. The molecule has 2 N–H and O–H groups in total. The third-order valence-corrected chi connectivity index (χ3v) is 6.76. The minimum Gasteiger partial charge on any atom is -0.493 e. The average Bonchev–Trinajstić information content (AvgIpc) is 2.91. The summed E-state index contributed by atoms with van der Waals surface area (Å²) in [6, 6.07) is 12.9. The van der Waals surface area contributed by atoms with Crippen molar-refractivity contribution < 1.29 is 23.8 Å². The molecule has 0 aliphatic carbocycles. The number of hydrazone groups is 1. The van der Waals surface area contributed by atoms with Gasteiger partial charge in [-0.25, -0.2) is 9.80 Å². The molecule has 0 aromatic heterocycles. The van der Waals surface area contributed by atoms with Crippen LogP contribution in [-0.2, 0) is 11.3 Å². The predicted molar refractivity (Wildman–Crippen MR) is 140 cm³/mol. The van der Waals surface area contributed by atoms with Crippen LogP contribution in [0.15, 0.2) is 47.6 Å². The number of nitrogens with one attached hydrogen (secondary N) is 2. The van der Waals surface area contributed by atoms with Gasteiger partial charge in [-0.05, 0) is 35.9 Å². The molecule has 0 spiro atoms. The number of benzene rings is 2. The van der Waals surface area contributed by atoms with E-state index in [-0.39, 0.29) is 5.24 Å². The van der Waals surface area contributed by atoms with Gasteiger partial charge < -0.3 is 19.5 Å². The van der Waals surface area contributed by atoms with Crippen molar-refractivity contribution >= 4 is 34.5 Å². The van der Waals surface area contributed by atoms with Crippen LogP contribution in [0.5, 0.6) is 11.5 Å². The summed E-state index contributed by atoms with van der Waals surface area (Å²) in [5, 5.41) is 12.0. The molecule has 2 aromatic carbocycles. The summed E-state index contributed by atoms with van der Waals surface area (Å²) in [5.74, 6) is 1.72. The van der Waals surface area contributed by atoms with Gasteiger partial charge in [-0.15, -0.1) is 0 Å². The van der Waals surface area contributed by atoms with Crippen LogP contribution < -0.4 is 20.1 Å². The van der Waals surface area contributed by atoms with Crippen molar-refractivity contribution in [1.29, 1.82) is 0 Å². The first-order valence-electron chi connectivity index (χ1n) is 11.8. The lowest BCUT2D eigenvalue weighted by Gasteiger charge is -2.26. The standard InChI is InChI=1S/C25H31N5O5S/c1-33-22-8-5-19(15-23(22)34-2)21-17-36-25(32)30(28-21)16-18-3-6-20(7-4-18)27-24(31)35-14-13-29-11-9-26-10-12-29/h3-8,15,26H,9-14,16-17H2,1-2H3,(H,27,31). The highest BCUT2D eigenvalue weighted by Crippen LogP contribution is 2.30. The van der Waals surface area contributed by atoms with Crippen molar-refractivity contribution in [3.63, 3.8) is 0 Å². The van der Waals surface area contributed by atoms with Crippen molar-refractivity contribution in [3.8, 4) is 11.5 Å². The van der Waals surface area contributed by atoms with Crippen molar-refractivity contribution in [2.75, 3.05) is 64.6 Å². The van der Waals surface area contributed by atoms with Crippen molar-refractivity contribution in [2.24, 2.45) is 5.10 Å². The van der Waals surface area contributed by atoms with E-state index >= 15 is 0 Å². The molecule has 1 fully saturated rings. The summed E-state index contributed by atoms with van der Waals surface area (Å²) < 4.78 is 16.0. The molecule has 10 nitrogen and oxygen atoms in total. The normalized spacial score (nSPS) is 16.3. The molecule has 1 saturated heterocycles. The van der Waals surface area contributed by atoms with Crippen LogP contribution in [-0.4, -0.2) is 86.3 Å². The maximum atomic E-state index is 12.5. The van der Waals surface area contributed by atoms with Crippen LogP contribution in [0.2, 0.25) is 0 Å². The molecule has 0 saturated carbocycles. The summed E-state index contributed by atoms with van der Waals surface area (Å²) in [6.45, 7) is 5.24. The smallest absolute Gasteiger partial charge is 0.411 e. The second-order valence-electron chi connectivity index (χ2n) is 8.28. The topological polar surface area (TPSA) is 105 Å². The molecule has 2 heterocycles. The van der Waals surface area contributed by atoms with Gasteiger partial charge in [0.2, 0.25) is 0 Å². The Morgan fingerprint density at radius 1 is 1.08 bits per heavy atom. The van der Waals surface area contributed by atoms with Crippen molar-refractivity contribution in [1.82, 2.24) is 15.2 Å². The molecule has 2 amide bonds. The van der Waals surface area contributed by atoms with E-state index in [1.807, 2.05) is 30.3 Å². The molecule has 0 unspecified atom stereocenters. The minimum atomic E-state index is -0.482. The number of rotatable bonds is 9. The first-order chi connectivity index (χ1) is 17.6. The fourth-order valence-corrected chi connectivity index (χ4v) is 4.64. The lowest BCUT2D eigenvalue weighted by molar-refractivity contribution is 0.134. The average molecular weight is 514 g/mol. The Morgan fingerprint density at radius 2 is 1.83 bits per heavy atom. The van der Waals surface area contributed by atoms with Gasteiger partial charge in [0.05, 0.1) is 26.5 Å². The fourth-order valence-electron chi connectivity index (χ4n) is 3.90. The van der Waals surface area contributed by atoms with E-state index in [9.17, 15) is 9.59 Å². The van der Waals surface area contributed by atoms with Gasteiger partial charge in [-0.3, -0.25) is 15.0 Å². The van der Waals surface area contributed by atoms with Gasteiger partial charge in [0.15, 0.2) is 11.5 Å². The van der Waals surface area contributed by atoms with Crippen molar-refractivity contribution in [3.05, 3.63) is 53.6 Å². The number of amides is 2. The first-order valence-corrected chi connectivity index (χ1v) is 12.7. The van der Waals surface area contributed by atoms with E-state index in [2.05, 4.69) is 20.6 Å². The molecular formula is C25H31N5O5S. The second kappa shape index (κ2) is 12.6. The third-order valence-electron chi connectivity index (χ3n) is 5.88. The van der Waals surface area contributed by atoms with Crippen molar-refractivity contribution in [2.45, 2.75) is 6.54 Å². The Labute approximate surface area is 214 Å². The van der Waals surface area contributed by atoms with E-state index in [1.54, 1.807) is 26.4 Å². The number of carbonyl (C=O) groups is 2. The number of piperazine rings is 1. The third kappa shape index (κ3) is 6.90. The van der Waals surface area contributed by atoms with E-state index in [4.69, 9.17) is 14.2 Å². The van der Waals surface area contributed by atoms with E-state index in [1.165, 1.54) is 16.8 Å². The Balaban J connectivity index is 1.32. The Bertz CT molecular complexity index is 1090. The van der Waals surface area contributed by atoms with Crippen LogP contribution in [0.3, 0.4) is 0 Å². The summed E-state index contributed by atoms with van der Waals surface area (Å²) in [6.07, 6.45) is -0.482. The number of methoxy groups -OCH3 is 2. The molecule has 4 rings (SSSR count). The molecule has 0 bridgehead atoms. The maximum Gasteiger partial charge on any atom is 0.411 e. The molecule has 0 atom stereocenters. The highest BCUT2D eigenvalue weighted by molar-refractivity contribution is 8.14. The van der Waals surface area contributed by atoms with Gasteiger partial charge in [0.25, 0.3) is 0 Å². The maximum absolute atomic E-state index is 12.5. The molecule has 36 heavy (non-hydrogen) atoms. The monoisotopic (exact) mass is 513 g/mol. The van der Waals surface area contributed by atoms with Crippen LogP contribution in [0.1, 0.15) is 11.1 Å².